The minimum Gasteiger partial charge on any atom is -0.486 e. The Balaban J connectivity index is 1.86. The first-order chi connectivity index (χ1) is 8.79. The molecular weight excluding hydrogens is 250 g/mol. The highest BCUT2D eigenvalue weighted by Crippen LogP contribution is 2.30. The second kappa shape index (κ2) is 6.86. The van der Waals surface area contributed by atoms with Crippen LogP contribution in [0.1, 0.15) is 12.0 Å². The smallest absolute Gasteiger partial charge is 0.161 e. The molecule has 1 aromatic rings. The Bertz CT molecular complexity index is 384. The number of likely N-dealkylation sites (N-methyl/N-ethyl adjacent to an activating group) is 1. The molecule has 0 fully saturated rings. The van der Waals surface area contributed by atoms with Gasteiger partial charge in [-0.3, -0.25) is 0 Å². The largest absolute Gasteiger partial charge is 0.486 e. The van der Waals surface area contributed by atoms with Gasteiger partial charge in [0, 0.05) is 12.4 Å². The van der Waals surface area contributed by atoms with E-state index in [1.165, 1.54) is 5.56 Å². The van der Waals surface area contributed by atoms with E-state index >= 15 is 0 Å². The lowest BCUT2D eigenvalue weighted by Gasteiger charge is -2.20. The number of benzene rings is 1. The SMILES string of the molecule is CN(CCCCl)CCc1ccc2c(c1)OCCO2. The Labute approximate surface area is 114 Å². The maximum absolute atomic E-state index is 5.69. The van der Waals surface area contributed by atoms with E-state index < -0.39 is 0 Å². The molecule has 0 aromatic heterocycles. The summed E-state index contributed by atoms with van der Waals surface area (Å²) in [6.07, 6.45) is 2.06. The van der Waals surface area contributed by atoms with E-state index in [4.69, 9.17) is 21.1 Å². The molecule has 0 spiro atoms. The zero-order valence-electron chi connectivity index (χ0n) is 10.8. The minimum absolute atomic E-state index is 0.645. The molecule has 0 unspecified atom stereocenters. The predicted octanol–water partition coefficient (Wildman–Crippen LogP) is 2.56. The fourth-order valence-electron chi connectivity index (χ4n) is 2.00. The molecular formula is C14H20ClNO2. The Morgan fingerprint density at radius 3 is 2.72 bits per heavy atom. The number of hydrogen-bond donors (Lipinski definition) is 0. The quantitative estimate of drug-likeness (QED) is 0.741. The molecule has 0 radical (unpaired) electrons. The molecule has 2 rings (SSSR count). The van der Waals surface area contributed by atoms with Crippen molar-refractivity contribution >= 4 is 11.6 Å². The summed E-state index contributed by atoms with van der Waals surface area (Å²) in [7, 11) is 2.13. The normalized spacial score (nSPS) is 13.9. The maximum atomic E-state index is 5.69. The lowest BCUT2D eigenvalue weighted by atomic mass is 10.1. The summed E-state index contributed by atoms with van der Waals surface area (Å²) in [6.45, 7) is 3.38. The van der Waals surface area contributed by atoms with Gasteiger partial charge < -0.3 is 14.4 Å². The molecule has 1 aliphatic heterocycles. The standard InChI is InChI=1S/C14H20ClNO2/c1-16(7-2-6-15)8-5-12-3-4-13-14(11-12)18-10-9-17-13/h3-4,11H,2,5-10H2,1H3. The first-order valence-electron chi connectivity index (χ1n) is 6.42. The predicted molar refractivity (Wildman–Crippen MR) is 74.0 cm³/mol. The Hall–Kier alpha value is -0.930. The van der Waals surface area contributed by atoms with Crippen molar-refractivity contribution in [3.8, 4) is 11.5 Å². The van der Waals surface area contributed by atoms with Crippen molar-refractivity contribution in [2.24, 2.45) is 0 Å². The van der Waals surface area contributed by atoms with E-state index in [2.05, 4.69) is 24.1 Å². The maximum Gasteiger partial charge on any atom is 0.161 e. The highest BCUT2D eigenvalue weighted by Gasteiger charge is 2.11. The van der Waals surface area contributed by atoms with Crippen LogP contribution in [0.2, 0.25) is 0 Å². The van der Waals surface area contributed by atoms with Gasteiger partial charge in [0.05, 0.1) is 0 Å². The van der Waals surface area contributed by atoms with Gasteiger partial charge in [0.25, 0.3) is 0 Å². The van der Waals surface area contributed by atoms with Crippen LogP contribution in [0.4, 0.5) is 0 Å². The van der Waals surface area contributed by atoms with E-state index in [-0.39, 0.29) is 0 Å². The van der Waals surface area contributed by atoms with E-state index in [0.29, 0.717) is 13.2 Å². The van der Waals surface area contributed by atoms with Crippen LogP contribution in [0.3, 0.4) is 0 Å². The average Bonchev–Trinajstić information content (AvgIpc) is 2.42. The molecule has 3 nitrogen and oxygen atoms in total. The summed E-state index contributed by atoms with van der Waals surface area (Å²) < 4.78 is 11.1. The van der Waals surface area contributed by atoms with Crippen LogP contribution >= 0.6 is 11.6 Å². The summed E-state index contributed by atoms with van der Waals surface area (Å²) in [5.74, 6) is 2.47. The number of alkyl halides is 1. The number of fused-ring (bicyclic) bond motifs is 1. The zero-order valence-corrected chi connectivity index (χ0v) is 11.6. The number of nitrogens with zero attached hydrogens (tertiary/aromatic N) is 1. The van der Waals surface area contributed by atoms with Gasteiger partial charge in [0.1, 0.15) is 13.2 Å². The van der Waals surface area contributed by atoms with Crippen molar-refractivity contribution in [1.82, 2.24) is 4.90 Å². The van der Waals surface area contributed by atoms with E-state index in [9.17, 15) is 0 Å². The molecule has 0 N–H and O–H groups in total. The lowest BCUT2D eigenvalue weighted by molar-refractivity contribution is 0.171. The summed E-state index contributed by atoms with van der Waals surface area (Å²) in [4.78, 5) is 2.30. The third-order valence-electron chi connectivity index (χ3n) is 3.06. The average molecular weight is 270 g/mol. The number of rotatable bonds is 6. The van der Waals surface area contributed by atoms with Gasteiger partial charge in [-0.15, -0.1) is 11.6 Å². The summed E-state index contributed by atoms with van der Waals surface area (Å²) in [6, 6.07) is 6.20. The monoisotopic (exact) mass is 269 g/mol. The zero-order chi connectivity index (χ0) is 12.8. The minimum atomic E-state index is 0.645. The fraction of sp³-hybridized carbons (Fsp3) is 0.571. The number of halogens is 1. The molecule has 1 heterocycles. The van der Waals surface area contributed by atoms with Crippen molar-refractivity contribution in [3.05, 3.63) is 23.8 Å². The molecule has 0 saturated carbocycles. The molecule has 0 bridgehead atoms. The molecule has 4 heteroatoms. The van der Waals surface area contributed by atoms with Crippen molar-refractivity contribution < 1.29 is 9.47 Å². The molecule has 0 saturated heterocycles. The highest BCUT2D eigenvalue weighted by molar-refractivity contribution is 6.17. The van der Waals surface area contributed by atoms with Crippen molar-refractivity contribution in [2.75, 3.05) is 39.2 Å². The summed E-state index contributed by atoms with van der Waals surface area (Å²) >= 11 is 5.69. The van der Waals surface area contributed by atoms with Gasteiger partial charge in [-0.25, -0.2) is 0 Å². The molecule has 18 heavy (non-hydrogen) atoms. The topological polar surface area (TPSA) is 21.7 Å². The van der Waals surface area contributed by atoms with Gasteiger partial charge in [-0.2, -0.15) is 0 Å². The van der Waals surface area contributed by atoms with Gasteiger partial charge in [0.2, 0.25) is 0 Å². The first kappa shape index (κ1) is 13.5. The van der Waals surface area contributed by atoms with Crippen molar-refractivity contribution in [2.45, 2.75) is 12.8 Å². The van der Waals surface area contributed by atoms with Crippen molar-refractivity contribution in [1.29, 1.82) is 0 Å². The Morgan fingerprint density at radius 2 is 1.94 bits per heavy atom. The molecule has 1 aromatic carbocycles. The first-order valence-corrected chi connectivity index (χ1v) is 6.96. The van der Waals surface area contributed by atoms with Crippen LogP contribution in [0.25, 0.3) is 0 Å². The molecule has 100 valence electrons. The number of ether oxygens (including phenoxy) is 2. The van der Waals surface area contributed by atoms with Crippen LogP contribution in [0.5, 0.6) is 11.5 Å². The molecule has 1 aliphatic rings. The highest BCUT2D eigenvalue weighted by atomic mass is 35.5. The second-order valence-corrected chi connectivity index (χ2v) is 4.95. The molecule has 0 atom stereocenters. The summed E-state index contributed by atoms with van der Waals surface area (Å²) in [5, 5.41) is 0. The van der Waals surface area contributed by atoms with Gasteiger partial charge >= 0.3 is 0 Å². The Morgan fingerprint density at radius 1 is 1.17 bits per heavy atom. The van der Waals surface area contributed by atoms with E-state index in [1.54, 1.807) is 0 Å². The number of hydrogen-bond acceptors (Lipinski definition) is 3. The fourth-order valence-corrected chi connectivity index (χ4v) is 2.12. The van der Waals surface area contributed by atoms with Gasteiger partial charge in [0.15, 0.2) is 11.5 Å². The third kappa shape index (κ3) is 3.79. The van der Waals surface area contributed by atoms with Crippen molar-refractivity contribution in [3.63, 3.8) is 0 Å². The van der Waals surface area contributed by atoms with E-state index in [1.807, 2.05) is 6.07 Å². The summed E-state index contributed by atoms with van der Waals surface area (Å²) in [5.41, 5.74) is 1.29. The van der Waals surface area contributed by atoms with Crippen LogP contribution in [0.15, 0.2) is 18.2 Å². The lowest BCUT2D eigenvalue weighted by Crippen LogP contribution is -2.22. The van der Waals surface area contributed by atoms with Crippen LogP contribution in [-0.4, -0.2) is 44.1 Å². The third-order valence-corrected chi connectivity index (χ3v) is 3.33. The van der Waals surface area contributed by atoms with Gasteiger partial charge in [-0.05, 0) is 44.1 Å². The Kier molecular flexibility index (Phi) is 5.14. The molecule has 0 amide bonds. The van der Waals surface area contributed by atoms with E-state index in [0.717, 1.165) is 43.3 Å². The van der Waals surface area contributed by atoms with Crippen LogP contribution in [0, 0.1) is 0 Å². The second-order valence-electron chi connectivity index (χ2n) is 4.57. The van der Waals surface area contributed by atoms with Crippen LogP contribution < -0.4 is 9.47 Å². The molecule has 0 aliphatic carbocycles. The van der Waals surface area contributed by atoms with Gasteiger partial charge in [-0.1, -0.05) is 6.07 Å². The van der Waals surface area contributed by atoms with Crippen LogP contribution in [-0.2, 0) is 6.42 Å².